The number of halogens is 1. The van der Waals surface area contributed by atoms with E-state index in [-0.39, 0.29) is 0 Å². The van der Waals surface area contributed by atoms with Crippen molar-refractivity contribution in [2.75, 3.05) is 0 Å². The van der Waals surface area contributed by atoms with Crippen LogP contribution >= 0.6 is 15.9 Å². The minimum Gasteiger partial charge on any atom is -0.339 e. The Morgan fingerprint density at radius 2 is 2.29 bits per heavy atom. The van der Waals surface area contributed by atoms with Crippen LogP contribution in [0.2, 0.25) is 0 Å². The Morgan fingerprint density at radius 3 is 2.93 bits per heavy atom. The SMILES string of the molecule is Cc1cc2cn([N+](=O)[O-])nc2cc1Br. The van der Waals surface area contributed by atoms with E-state index in [1.54, 1.807) is 6.07 Å². The van der Waals surface area contributed by atoms with Crippen molar-refractivity contribution in [3.05, 3.63) is 38.5 Å². The first-order valence-corrected chi connectivity index (χ1v) is 4.67. The van der Waals surface area contributed by atoms with Gasteiger partial charge in [-0.05, 0) is 18.6 Å². The van der Waals surface area contributed by atoms with Gasteiger partial charge in [-0.1, -0.05) is 15.9 Å². The highest BCUT2D eigenvalue weighted by atomic mass is 79.9. The first kappa shape index (κ1) is 9.14. The van der Waals surface area contributed by atoms with Gasteiger partial charge in [0.15, 0.2) is 0 Å². The van der Waals surface area contributed by atoms with Crippen LogP contribution in [-0.2, 0) is 0 Å². The molecule has 6 heteroatoms. The largest absolute Gasteiger partial charge is 0.339 e. The van der Waals surface area contributed by atoms with E-state index in [9.17, 15) is 10.1 Å². The number of hydrogen-bond acceptors (Lipinski definition) is 3. The summed E-state index contributed by atoms with van der Waals surface area (Å²) in [6, 6.07) is 3.62. The zero-order valence-electron chi connectivity index (χ0n) is 7.27. The molecule has 0 fully saturated rings. The van der Waals surface area contributed by atoms with Gasteiger partial charge in [-0.3, -0.25) is 0 Å². The quantitative estimate of drug-likeness (QED) is 0.580. The highest BCUT2D eigenvalue weighted by Gasteiger charge is 2.11. The van der Waals surface area contributed by atoms with Crippen LogP contribution in [0.5, 0.6) is 0 Å². The van der Waals surface area contributed by atoms with E-state index < -0.39 is 5.03 Å². The van der Waals surface area contributed by atoms with Gasteiger partial charge in [-0.15, -0.1) is 0 Å². The molecule has 0 aliphatic carbocycles. The zero-order chi connectivity index (χ0) is 10.3. The average molecular weight is 256 g/mol. The van der Waals surface area contributed by atoms with Crippen LogP contribution in [-0.4, -0.2) is 14.9 Å². The van der Waals surface area contributed by atoms with Crippen LogP contribution in [0.4, 0.5) is 0 Å². The van der Waals surface area contributed by atoms with E-state index in [1.165, 1.54) is 6.20 Å². The number of hydrogen-bond donors (Lipinski definition) is 0. The normalized spacial score (nSPS) is 10.7. The monoisotopic (exact) mass is 255 g/mol. The second kappa shape index (κ2) is 3.06. The predicted molar refractivity (Wildman–Crippen MR) is 54.6 cm³/mol. The minimum absolute atomic E-state index is 0.566. The van der Waals surface area contributed by atoms with Crippen LogP contribution in [0.1, 0.15) is 5.56 Å². The third-order valence-electron chi connectivity index (χ3n) is 1.94. The summed E-state index contributed by atoms with van der Waals surface area (Å²) in [6.45, 7) is 1.92. The molecular weight excluding hydrogens is 250 g/mol. The molecule has 14 heavy (non-hydrogen) atoms. The van der Waals surface area contributed by atoms with Gasteiger partial charge in [-0.2, -0.15) is 0 Å². The summed E-state index contributed by atoms with van der Waals surface area (Å²) >= 11 is 3.34. The Hall–Kier alpha value is -1.43. The van der Waals surface area contributed by atoms with Gasteiger partial charge in [-0.25, -0.2) is 0 Å². The molecule has 72 valence electrons. The Kier molecular flexibility index (Phi) is 1.99. The summed E-state index contributed by atoms with van der Waals surface area (Å²) in [5.74, 6) is 0. The number of benzene rings is 1. The molecule has 2 aromatic rings. The average Bonchev–Trinajstić information content (AvgIpc) is 2.48. The molecule has 0 atom stereocenters. The third kappa shape index (κ3) is 1.37. The lowest BCUT2D eigenvalue weighted by molar-refractivity contribution is -0.552. The summed E-state index contributed by atoms with van der Waals surface area (Å²) < 4.78 is 0.901. The third-order valence-corrected chi connectivity index (χ3v) is 2.79. The molecule has 0 saturated heterocycles. The van der Waals surface area contributed by atoms with E-state index >= 15 is 0 Å². The van der Waals surface area contributed by atoms with Crippen molar-refractivity contribution in [2.24, 2.45) is 0 Å². The summed E-state index contributed by atoms with van der Waals surface area (Å²) in [5.41, 5.74) is 1.64. The summed E-state index contributed by atoms with van der Waals surface area (Å²) in [4.78, 5) is 11.2. The molecule has 0 bridgehead atoms. The van der Waals surface area contributed by atoms with Crippen molar-refractivity contribution in [3.63, 3.8) is 0 Å². The van der Waals surface area contributed by atoms with Crippen LogP contribution in [0.3, 0.4) is 0 Å². The maximum Gasteiger partial charge on any atom is 0.211 e. The lowest BCUT2D eigenvalue weighted by Crippen LogP contribution is -2.07. The molecule has 0 aliphatic heterocycles. The standard InChI is InChI=1S/C8H6BrN3O2/c1-5-2-6-4-11(12(13)14)10-8(6)3-7(5)9/h2-4H,1H3. The Balaban J connectivity index is 2.72. The van der Waals surface area contributed by atoms with Crippen molar-refractivity contribution in [2.45, 2.75) is 6.92 Å². The summed E-state index contributed by atoms with van der Waals surface area (Å²) in [7, 11) is 0. The van der Waals surface area contributed by atoms with E-state index in [0.29, 0.717) is 5.52 Å². The molecule has 0 aliphatic rings. The molecule has 0 radical (unpaired) electrons. The molecular formula is C8H6BrN3O2. The van der Waals surface area contributed by atoms with Crippen LogP contribution in [0.25, 0.3) is 10.9 Å². The highest BCUT2D eigenvalue weighted by molar-refractivity contribution is 9.10. The Labute approximate surface area is 87.6 Å². The second-order valence-corrected chi connectivity index (χ2v) is 3.80. The molecule has 1 heterocycles. The van der Waals surface area contributed by atoms with Crippen LogP contribution in [0.15, 0.2) is 22.8 Å². The number of nitrogens with zero attached hydrogens (tertiary/aromatic N) is 3. The Morgan fingerprint density at radius 1 is 1.57 bits per heavy atom. The molecule has 0 unspecified atom stereocenters. The number of nitro groups is 1. The van der Waals surface area contributed by atoms with Crippen molar-refractivity contribution < 1.29 is 5.03 Å². The zero-order valence-corrected chi connectivity index (χ0v) is 8.85. The summed E-state index contributed by atoms with van der Waals surface area (Å²) in [5, 5.41) is 14.4. The summed E-state index contributed by atoms with van der Waals surface area (Å²) in [6.07, 6.45) is 1.40. The van der Waals surface area contributed by atoms with Gasteiger partial charge in [0.2, 0.25) is 5.52 Å². The van der Waals surface area contributed by atoms with Crippen molar-refractivity contribution in [1.29, 1.82) is 0 Å². The molecule has 1 aromatic carbocycles. The van der Waals surface area contributed by atoms with E-state index in [2.05, 4.69) is 21.0 Å². The van der Waals surface area contributed by atoms with Gasteiger partial charge in [0.25, 0.3) is 0 Å². The number of fused-ring (bicyclic) bond motifs is 1. The van der Waals surface area contributed by atoms with Gasteiger partial charge >= 0.3 is 0 Å². The van der Waals surface area contributed by atoms with Gasteiger partial charge < -0.3 is 10.1 Å². The van der Waals surface area contributed by atoms with E-state index in [1.807, 2.05) is 13.0 Å². The molecule has 2 rings (SSSR count). The van der Waals surface area contributed by atoms with Crippen LogP contribution in [0, 0.1) is 17.0 Å². The fourth-order valence-corrected chi connectivity index (χ4v) is 1.56. The molecule has 0 N–H and O–H groups in total. The number of aromatic nitrogens is 2. The Bertz CT molecular complexity index is 482. The second-order valence-electron chi connectivity index (χ2n) is 2.95. The first-order valence-electron chi connectivity index (χ1n) is 3.88. The molecule has 0 saturated carbocycles. The maximum atomic E-state index is 10.4. The lowest BCUT2D eigenvalue weighted by atomic mass is 10.2. The number of aryl methyl sites for hydroxylation is 1. The van der Waals surface area contributed by atoms with E-state index in [4.69, 9.17) is 0 Å². The topological polar surface area (TPSA) is 61.0 Å². The van der Waals surface area contributed by atoms with Crippen molar-refractivity contribution in [3.8, 4) is 0 Å². The van der Waals surface area contributed by atoms with E-state index in [0.717, 1.165) is 20.2 Å². The molecule has 0 spiro atoms. The fourth-order valence-electron chi connectivity index (χ4n) is 1.23. The molecule has 0 amide bonds. The van der Waals surface area contributed by atoms with Crippen LogP contribution < -0.4 is 0 Å². The van der Waals surface area contributed by atoms with Crippen molar-refractivity contribution in [1.82, 2.24) is 9.89 Å². The lowest BCUT2D eigenvalue weighted by Gasteiger charge is -1.92. The minimum atomic E-state index is -0.566. The predicted octanol–water partition coefficient (Wildman–Crippen LogP) is 2.15. The molecule has 1 aromatic heterocycles. The van der Waals surface area contributed by atoms with Gasteiger partial charge in [0, 0.05) is 15.3 Å². The maximum absolute atomic E-state index is 10.4. The fraction of sp³-hybridized carbons (Fsp3) is 0.125. The van der Waals surface area contributed by atoms with Crippen molar-refractivity contribution >= 4 is 26.8 Å². The first-order chi connectivity index (χ1) is 6.58. The van der Waals surface area contributed by atoms with Gasteiger partial charge in [0.05, 0.1) is 15.5 Å². The van der Waals surface area contributed by atoms with Gasteiger partial charge in [0.1, 0.15) is 6.20 Å². The highest BCUT2D eigenvalue weighted by Crippen LogP contribution is 2.22. The smallest absolute Gasteiger partial charge is 0.211 e. The number of rotatable bonds is 1. The molecule has 5 nitrogen and oxygen atoms in total.